The molecule has 0 radical (unpaired) electrons. The molecule has 0 saturated carbocycles. The molecule has 0 spiro atoms. The summed E-state index contributed by atoms with van der Waals surface area (Å²) in [7, 11) is 0. The lowest BCUT2D eigenvalue weighted by molar-refractivity contribution is -0.123. The minimum absolute atomic E-state index is 0.114. The number of piperidine rings is 1. The molecule has 0 aromatic heterocycles. The van der Waals surface area contributed by atoms with Crippen LogP contribution in [-0.2, 0) is 11.2 Å². The zero-order valence-corrected chi connectivity index (χ0v) is 12.2. The lowest BCUT2D eigenvalue weighted by Crippen LogP contribution is -2.49. The zero-order chi connectivity index (χ0) is 14.4. The van der Waals surface area contributed by atoms with Crippen LogP contribution in [0.5, 0.6) is 0 Å². The van der Waals surface area contributed by atoms with Crippen LogP contribution < -0.4 is 11.1 Å². The van der Waals surface area contributed by atoms with Gasteiger partial charge in [-0.15, -0.1) is 0 Å². The summed E-state index contributed by atoms with van der Waals surface area (Å²) in [5.41, 5.74) is 7.19. The third kappa shape index (κ3) is 4.62. The molecular weight excluding hydrogens is 250 g/mol. The van der Waals surface area contributed by atoms with Crippen LogP contribution in [0.2, 0.25) is 0 Å². The molecule has 1 aromatic carbocycles. The van der Waals surface area contributed by atoms with Crippen molar-refractivity contribution in [3.8, 4) is 0 Å². The molecule has 1 saturated heterocycles. The second kappa shape index (κ2) is 7.41. The number of carbonyl (C=O) groups is 1. The van der Waals surface area contributed by atoms with Gasteiger partial charge in [0.2, 0.25) is 5.91 Å². The van der Waals surface area contributed by atoms with Gasteiger partial charge in [-0.25, -0.2) is 0 Å². The van der Waals surface area contributed by atoms with E-state index < -0.39 is 0 Å². The first-order valence-corrected chi connectivity index (χ1v) is 7.45. The highest BCUT2D eigenvalue weighted by Gasteiger charge is 2.24. The number of hydrogen-bond donors (Lipinski definition) is 2. The molecule has 0 aliphatic carbocycles. The number of nitrogens with zero attached hydrogens (tertiary/aromatic N) is 1. The molecule has 0 bridgehead atoms. The van der Waals surface area contributed by atoms with Gasteiger partial charge in [0.15, 0.2) is 0 Å². The Bertz CT molecular complexity index is 421. The maximum atomic E-state index is 11.9. The number of amides is 1. The average molecular weight is 275 g/mol. The van der Waals surface area contributed by atoms with Crippen molar-refractivity contribution in [3.63, 3.8) is 0 Å². The molecule has 2 atom stereocenters. The van der Waals surface area contributed by atoms with Gasteiger partial charge in [0.05, 0.1) is 6.54 Å². The van der Waals surface area contributed by atoms with E-state index in [0.717, 1.165) is 25.8 Å². The number of hydrogen-bond acceptors (Lipinski definition) is 3. The highest BCUT2D eigenvalue weighted by molar-refractivity contribution is 5.78. The topological polar surface area (TPSA) is 58.4 Å². The largest absolute Gasteiger partial charge is 0.355 e. The van der Waals surface area contributed by atoms with Crippen molar-refractivity contribution in [2.75, 3.05) is 19.6 Å². The van der Waals surface area contributed by atoms with Crippen molar-refractivity contribution in [3.05, 3.63) is 35.9 Å². The van der Waals surface area contributed by atoms with Gasteiger partial charge >= 0.3 is 0 Å². The fourth-order valence-electron chi connectivity index (χ4n) is 2.72. The quantitative estimate of drug-likeness (QED) is 0.848. The Balaban J connectivity index is 1.68. The lowest BCUT2D eigenvalue weighted by Gasteiger charge is -2.35. The third-order valence-electron chi connectivity index (χ3n) is 3.98. The number of benzene rings is 1. The minimum atomic E-state index is 0.114. The lowest BCUT2D eigenvalue weighted by atomic mass is 9.99. The van der Waals surface area contributed by atoms with Gasteiger partial charge in [-0.05, 0) is 31.7 Å². The van der Waals surface area contributed by atoms with Crippen molar-refractivity contribution in [2.24, 2.45) is 5.73 Å². The van der Waals surface area contributed by atoms with Crippen LogP contribution in [0.25, 0.3) is 0 Å². The molecule has 1 aliphatic rings. The second-order valence-electron chi connectivity index (χ2n) is 5.69. The highest BCUT2D eigenvalue weighted by Crippen LogP contribution is 2.14. The Hall–Kier alpha value is -1.39. The van der Waals surface area contributed by atoms with Crippen LogP contribution in [0.15, 0.2) is 30.3 Å². The van der Waals surface area contributed by atoms with Gasteiger partial charge in [-0.2, -0.15) is 0 Å². The normalized spacial score (nSPS) is 23.5. The molecule has 1 amide bonds. The molecule has 2 rings (SSSR count). The molecule has 20 heavy (non-hydrogen) atoms. The van der Waals surface area contributed by atoms with Crippen LogP contribution in [0.4, 0.5) is 0 Å². The SMILES string of the molecule is CC1CC(N)CCN1CC(=O)NCCc1ccccc1. The summed E-state index contributed by atoms with van der Waals surface area (Å²) in [5, 5.41) is 3.00. The van der Waals surface area contributed by atoms with Crippen LogP contribution in [-0.4, -0.2) is 42.5 Å². The van der Waals surface area contributed by atoms with Gasteiger partial charge < -0.3 is 11.1 Å². The van der Waals surface area contributed by atoms with E-state index in [2.05, 4.69) is 29.3 Å². The predicted molar refractivity (Wildman–Crippen MR) is 81.4 cm³/mol. The standard InChI is InChI=1S/C16H25N3O/c1-13-11-15(17)8-10-19(13)12-16(20)18-9-7-14-5-3-2-4-6-14/h2-6,13,15H,7-12,17H2,1H3,(H,18,20). The maximum absolute atomic E-state index is 11.9. The monoisotopic (exact) mass is 275 g/mol. The van der Waals surface area contributed by atoms with E-state index in [1.54, 1.807) is 0 Å². The summed E-state index contributed by atoms with van der Waals surface area (Å²) >= 11 is 0. The van der Waals surface area contributed by atoms with Gasteiger partial charge in [0.1, 0.15) is 0 Å². The number of nitrogens with two attached hydrogens (primary N) is 1. The number of nitrogens with one attached hydrogen (secondary N) is 1. The molecule has 3 N–H and O–H groups in total. The fraction of sp³-hybridized carbons (Fsp3) is 0.562. The Morgan fingerprint density at radius 3 is 2.85 bits per heavy atom. The van der Waals surface area contributed by atoms with E-state index >= 15 is 0 Å². The molecule has 4 heteroatoms. The summed E-state index contributed by atoms with van der Waals surface area (Å²) < 4.78 is 0. The van der Waals surface area contributed by atoms with E-state index in [1.165, 1.54) is 5.56 Å². The van der Waals surface area contributed by atoms with E-state index in [0.29, 0.717) is 25.2 Å². The number of carbonyl (C=O) groups excluding carboxylic acids is 1. The first-order valence-electron chi connectivity index (χ1n) is 7.45. The third-order valence-corrected chi connectivity index (χ3v) is 3.98. The molecule has 1 aliphatic heterocycles. The van der Waals surface area contributed by atoms with Gasteiger partial charge in [-0.3, -0.25) is 9.69 Å². The summed E-state index contributed by atoms with van der Waals surface area (Å²) in [6.07, 6.45) is 2.85. The highest BCUT2D eigenvalue weighted by atomic mass is 16.2. The fourth-order valence-corrected chi connectivity index (χ4v) is 2.72. The molecule has 1 heterocycles. The van der Waals surface area contributed by atoms with Crippen LogP contribution in [0.1, 0.15) is 25.3 Å². The smallest absolute Gasteiger partial charge is 0.234 e. The summed E-state index contributed by atoms with van der Waals surface area (Å²) in [4.78, 5) is 14.2. The molecule has 2 unspecified atom stereocenters. The molecular formula is C16H25N3O. The Morgan fingerprint density at radius 1 is 1.40 bits per heavy atom. The Morgan fingerprint density at radius 2 is 2.15 bits per heavy atom. The van der Waals surface area contributed by atoms with E-state index in [1.807, 2.05) is 18.2 Å². The number of rotatable bonds is 5. The van der Waals surface area contributed by atoms with Gasteiger partial charge in [-0.1, -0.05) is 30.3 Å². The van der Waals surface area contributed by atoms with Gasteiger partial charge in [0, 0.05) is 25.2 Å². The second-order valence-corrected chi connectivity index (χ2v) is 5.69. The summed E-state index contributed by atoms with van der Waals surface area (Å²) in [5.74, 6) is 0.114. The summed E-state index contributed by atoms with van der Waals surface area (Å²) in [6, 6.07) is 10.9. The van der Waals surface area contributed by atoms with E-state index in [-0.39, 0.29) is 5.91 Å². The van der Waals surface area contributed by atoms with Crippen molar-refractivity contribution in [1.82, 2.24) is 10.2 Å². The minimum Gasteiger partial charge on any atom is -0.355 e. The van der Waals surface area contributed by atoms with Crippen molar-refractivity contribution >= 4 is 5.91 Å². The van der Waals surface area contributed by atoms with Crippen molar-refractivity contribution < 1.29 is 4.79 Å². The Labute approximate surface area is 121 Å². The van der Waals surface area contributed by atoms with E-state index in [4.69, 9.17) is 5.73 Å². The first-order chi connectivity index (χ1) is 9.65. The van der Waals surface area contributed by atoms with Crippen LogP contribution >= 0.6 is 0 Å². The van der Waals surface area contributed by atoms with E-state index in [9.17, 15) is 4.79 Å². The molecule has 1 aromatic rings. The average Bonchev–Trinajstić information content (AvgIpc) is 2.43. The molecule has 1 fully saturated rings. The zero-order valence-electron chi connectivity index (χ0n) is 12.2. The number of likely N-dealkylation sites (tertiary alicyclic amines) is 1. The molecule has 110 valence electrons. The van der Waals surface area contributed by atoms with Crippen LogP contribution in [0, 0.1) is 0 Å². The van der Waals surface area contributed by atoms with Crippen molar-refractivity contribution in [1.29, 1.82) is 0 Å². The Kier molecular flexibility index (Phi) is 5.56. The first kappa shape index (κ1) is 15.0. The summed E-state index contributed by atoms with van der Waals surface area (Å²) in [6.45, 7) is 4.26. The van der Waals surface area contributed by atoms with Crippen molar-refractivity contribution in [2.45, 2.75) is 38.3 Å². The maximum Gasteiger partial charge on any atom is 0.234 e. The predicted octanol–water partition coefficient (Wildman–Crippen LogP) is 1.16. The van der Waals surface area contributed by atoms with Gasteiger partial charge in [0.25, 0.3) is 0 Å². The molecule has 4 nitrogen and oxygen atoms in total. The van der Waals surface area contributed by atoms with Crippen LogP contribution in [0.3, 0.4) is 0 Å².